The quantitative estimate of drug-likeness (QED) is 0.646. The standard InChI is InChI=1S/C16H13BrN2O3S3/c1-2-19-15(20)14(10-12-4-3-9-23-12)24-16(19)18-25(21,22)13-7-5-11(17)6-8-13/h3-10H,2H2,1H3/b14-10-,18-16+. The van der Waals surface area contributed by atoms with Crippen LogP contribution in [0, 0.1) is 0 Å². The topological polar surface area (TPSA) is 66.8 Å². The fourth-order valence-electron chi connectivity index (χ4n) is 2.12. The molecule has 0 atom stereocenters. The molecule has 3 rings (SSSR count). The van der Waals surface area contributed by atoms with Gasteiger partial charge in [-0.15, -0.1) is 15.7 Å². The van der Waals surface area contributed by atoms with Gasteiger partial charge in [-0.3, -0.25) is 9.69 Å². The summed E-state index contributed by atoms with van der Waals surface area (Å²) in [6, 6.07) is 10.0. The van der Waals surface area contributed by atoms with E-state index in [0.717, 1.165) is 21.1 Å². The van der Waals surface area contributed by atoms with Crippen LogP contribution < -0.4 is 0 Å². The van der Waals surface area contributed by atoms with E-state index >= 15 is 0 Å². The van der Waals surface area contributed by atoms with Crippen LogP contribution in [0.1, 0.15) is 11.8 Å². The van der Waals surface area contributed by atoms with E-state index in [0.29, 0.717) is 11.4 Å². The molecule has 0 unspecified atom stereocenters. The maximum absolute atomic E-state index is 12.5. The summed E-state index contributed by atoms with van der Waals surface area (Å²) in [7, 11) is -3.88. The van der Waals surface area contributed by atoms with Gasteiger partial charge in [0.1, 0.15) is 0 Å². The fourth-order valence-corrected chi connectivity index (χ4v) is 5.35. The van der Waals surface area contributed by atoms with Gasteiger partial charge in [0.25, 0.3) is 15.9 Å². The van der Waals surface area contributed by atoms with Gasteiger partial charge in [0.2, 0.25) is 0 Å². The summed E-state index contributed by atoms with van der Waals surface area (Å²) in [6.45, 7) is 2.14. The minimum Gasteiger partial charge on any atom is -0.286 e. The molecule has 1 amide bonds. The minimum atomic E-state index is -3.88. The summed E-state index contributed by atoms with van der Waals surface area (Å²) in [5, 5.41) is 2.10. The number of benzene rings is 1. The lowest BCUT2D eigenvalue weighted by atomic mass is 10.4. The van der Waals surface area contributed by atoms with E-state index in [1.807, 2.05) is 17.5 Å². The first-order valence-corrected chi connectivity index (χ1v) is 11.2. The van der Waals surface area contributed by atoms with Crippen molar-refractivity contribution in [3.63, 3.8) is 0 Å². The number of hydrogen-bond donors (Lipinski definition) is 0. The van der Waals surface area contributed by atoms with Gasteiger partial charge < -0.3 is 0 Å². The number of hydrogen-bond acceptors (Lipinski definition) is 5. The molecule has 1 fully saturated rings. The summed E-state index contributed by atoms with van der Waals surface area (Å²) < 4.78 is 29.7. The van der Waals surface area contributed by atoms with Crippen LogP contribution in [0.4, 0.5) is 0 Å². The molecule has 0 aliphatic carbocycles. The Balaban J connectivity index is 1.96. The smallest absolute Gasteiger partial charge is 0.284 e. The number of thioether (sulfide) groups is 1. The van der Waals surface area contributed by atoms with Crippen LogP contribution in [0.25, 0.3) is 6.08 Å². The molecule has 9 heteroatoms. The molecule has 1 aromatic carbocycles. The Morgan fingerprint density at radius 1 is 1.24 bits per heavy atom. The monoisotopic (exact) mass is 456 g/mol. The number of carbonyl (C=O) groups excluding carboxylic acids is 1. The van der Waals surface area contributed by atoms with E-state index in [-0.39, 0.29) is 16.0 Å². The summed E-state index contributed by atoms with van der Waals surface area (Å²) in [6.07, 6.45) is 1.76. The predicted molar refractivity (Wildman–Crippen MR) is 106 cm³/mol. The summed E-state index contributed by atoms with van der Waals surface area (Å²) in [4.78, 5) is 15.4. The highest BCUT2D eigenvalue weighted by molar-refractivity contribution is 9.10. The number of nitrogens with zero attached hydrogens (tertiary/aromatic N) is 2. The summed E-state index contributed by atoms with van der Waals surface area (Å²) in [5.41, 5.74) is 0. The van der Waals surface area contributed by atoms with Crippen molar-refractivity contribution in [1.82, 2.24) is 4.90 Å². The Morgan fingerprint density at radius 2 is 1.96 bits per heavy atom. The van der Waals surface area contributed by atoms with Gasteiger partial charge in [-0.05, 0) is 60.5 Å². The molecule has 1 saturated heterocycles. The van der Waals surface area contributed by atoms with Crippen molar-refractivity contribution >= 4 is 66.2 Å². The van der Waals surface area contributed by atoms with Gasteiger partial charge in [0.15, 0.2) is 5.17 Å². The molecule has 1 aromatic heterocycles. The molecule has 2 aromatic rings. The lowest BCUT2D eigenvalue weighted by Gasteiger charge is -2.11. The minimum absolute atomic E-state index is 0.0861. The molecule has 0 N–H and O–H groups in total. The number of halogens is 1. The number of rotatable bonds is 4. The molecule has 0 spiro atoms. The van der Waals surface area contributed by atoms with Crippen molar-refractivity contribution < 1.29 is 13.2 Å². The molecule has 0 saturated carbocycles. The Kier molecular flexibility index (Phi) is 5.47. The number of thiophene rings is 1. The van der Waals surface area contributed by atoms with Gasteiger partial charge >= 0.3 is 0 Å². The number of sulfonamides is 1. The average Bonchev–Trinajstić information content (AvgIpc) is 3.17. The highest BCUT2D eigenvalue weighted by Crippen LogP contribution is 2.34. The van der Waals surface area contributed by atoms with Crippen LogP contribution >= 0.6 is 39.0 Å². The number of amidine groups is 1. The molecule has 130 valence electrons. The predicted octanol–water partition coefficient (Wildman–Crippen LogP) is 4.19. The second-order valence-electron chi connectivity index (χ2n) is 4.98. The van der Waals surface area contributed by atoms with Gasteiger partial charge in [-0.2, -0.15) is 8.42 Å². The zero-order valence-corrected chi connectivity index (χ0v) is 17.1. The van der Waals surface area contributed by atoms with Crippen LogP contribution in [0.2, 0.25) is 0 Å². The van der Waals surface area contributed by atoms with Crippen molar-refractivity contribution in [3.8, 4) is 0 Å². The van der Waals surface area contributed by atoms with E-state index in [1.165, 1.54) is 28.4 Å². The Hall–Kier alpha value is -1.42. The first-order valence-electron chi connectivity index (χ1n) is 7.26. The molecule has 0 bridgehead atoms. The van der Waals surface area contributed by atoms with Crippen molar-refractivity contribution in [2.45, 2.75) is 11.8 Å². The van der Waals surface area contributed by atoms with Gasteiger partial charge in [0.05, 0.1) is 9.80 Å². The van der Waals surface area contributed by atoms with Crippen LogP contribution in [-0.2, 0) is 14.8 Å². The van der Waals surface area contributed by atoms with Crippen molar-refractivity contribution in [2.24, 2.45) is 4.40 Å². The molecule has 1 aliphatic heterocycles. The molecule has 1 aliphatic rings. The molecular weight excluding hydrogens is 444 g/mol. The van der Waals surface area contributed by atoms with E-state index in [1.54, 1.807) is 25.1 Å². The molecule has 5 nitrogen and oxygen atoms in total. The molecule has 0 radical (unpaired) electrons. The third-order valence-electron chi connectivity index (χ3n) is 3.33. The normalized spacial score (nSPS) is 18.5. The number of likely N-dealkylation sites (N-methyl/N-ethyl adjacent to an activating group) is 1. The Bertz CT molecular complexity index is 949. The highest BCUT2D eigenvalue weighted by atomic mass is 79.9. The molecular formula is C16H13BrN2O3S3. The molecule has 2 heterocycles. The first kappa shape index (κ1) is 18.4. The van der Waals surface area contributed by atoms with E-state index in [4.69, 9.17) is 0 Å². The lowest BCUT2D eigenvalue weighted by Crippen LogP contribution is -2.29. The Labute approximate surface area is 162 Å². The zero-order valence-electron chi connectivity index (χ0n) is 13.0. The third kappa shape index (κ3) is 4.05. The van der Waals surface area contributed by atoms with E-state index < -0.39 is 10.0 Å². The first-order chi connectivity index (χ1) is 11.9. The maximum atomic E-state index is 12.5. The van der Waals surface area contributed by atoms with E-state index in [9.17, 15) is 13.2 Å². The van der Waals surface area contributed by atoms with Crippen molar-refractivity contribution in [1.29, 1.82) is 0 Å². The van der Waals surface area contributed by atoms with Crippen LogP contribution in [0.3, 0.4) is 0 Å². The Morgan fingerprint density at radius 3 is 2.56 bits per heavy atom. The fraction of sp³-hybridized carbons (Fsp3) is 0.125. The third-order valence-corrected chi connectivity index (χ3v) is 7.08. The van der Waals surface area contributed by atoms with Crippen LogP contribution in [-0.4, -0.2) is 30.9 Å². The van der Waals surface area contributed by atoms with Gasteiger partial charge in [-0.25, -0.2) is 0 Å². The second kappa shape index (κ2) is 7.45. The number of amides is 1. The van der Waals surface area contributed by atoms with Crippen LogP contribution in [0.15, 0.2) is 60.4 Å². The average molecular weight is 457 g/mol. The maximum Gasteiger partial charge on any atom is 0.284 e. The second-order valence-corrected chi connectivity index (χ2v) is 9.49. The lowest BCUT2D eigenvalue weighted by molar-refractivity contribution is -0.122. The summed E-state index contributed by atoms with van der Waals surface area (Å²) in [5.74, 6) is -0.231. The molecule has 25 heavy (non-hydrogen) atoms. The SMILES string of the molecule is CCN1C(=O)/C(=C/c2cccs2)S/C1=N/S(=O)(=O)c1ccc(Br)cc1. The van der Waals surface area contributed by atoms with Gasteiger partial charge in [0, 0.05) is 15.9 Å². The van der Waals surface area contributed by atoms with Crippen molar-refractivity contribution in [3.05, 3.63) is 56.0 Å². The highest BCUT2D eigenvalue weighted by Gasteiger charge is 2.34. The van der Waals surface area contributed by atoms with Gasteiger partial charge in [-0.1, -0.05) is 22.0 Å². The van der Waals surface area contributed by atoms with E-state index in [2.05, 4.69) is 20.3 Å². The van der Waals surface area contributed by atoms with Crippen molar-refractivity contribution in [2.75, 3.05) is 6.54 Å². The summed E-state index contributed by atoms with van der Waals surface area (Å²) >= 11 is 5.86. The largest absolute Gasteiger partial charge is 0.286 e. The van der Waals surface area contributed by atoms with Crippen LogP contribution in [0.5, 0.6) is 0 Å². The number of carbonyl (C=O) groups is 1. The zero-order chi connectivity index (χ0) is 18.0.